The van der Waals surface area contributed by atoms with Gasteiger partial charge in [-0.25, -0.2) is 10.1 Å². The van der Waals surface area contributed by atoms with Gasteiger partial charge in [0.2, 0.25) is 6.79 Å². The van der Waals surface area contributed by atoms with E-state index in [2.05, 4.69) is 36.7 Å². The van der Waals surface area contributed by atoms with E-state index >= 15 is 0 Å². The molecule has 1 aliphatic rings. The number of ether oxygens (including phenoxy) is 3. The number of nitrogen functional groups attached to an aromatic ring is 1. The second kappa shape index (κ2) is 11.6. The summed E-state index contributed by atoms with van der Waals surface area (Å²) in [5.41, 5.74) is 7.39. The second-order valence-corrected chi connectivity index (χ2v) is 10.1. The first-order valence-corrected chi connectivity index (χ1v) is 13.4. The third-order valence-corrected chi connectivity index (χ3v) is 6.74. The van der Waals surface area contributed by atoms with Crippen LogP contribution in [-0.2, 0) is 35.2 Å². The largest absolute Gasteiger partial charge is 0.462 e. The van der Waals surface area contributed by atoms with Gasteiger partial charge in [0.25, 0.3) is 0 Å². The Labute approximate surface area is 220 Å². The molecule has 0 amide bonds. The van der Waals surface area contributed by atoms with Crippen LogP contribution in [-0.4, -0.2) is 54.6 Å². The Morgan fingerprint density at radius 3 is 2.67 bits per heavy atom. The normalized spacial score (nSPS) is 14.5. The number of hydrogen-bond donors (Lipinski definition) is 2. The molecule has 0 fully saturated rings. The van der Waals surface area contributed by atoms with Crippen molar-refractivity contribution in [3.8, 4) is 0 Å². The number of hydrogen-bond acceptors (Lipinski definition) is 10. The van der Waals surface area contributed by atoms with E-state index in [1.54, 1.807) is 4.57 Å². The van der Waals surface area contributed by atoms with Crippen molar-refractivity contribution < 1.29 is 31.2 Å². The number of nitrogens with two attached hydrogens (primary N) is 2. The molecule has 1 atom stereocenters. The van der Waals surface area contributed by atoms with Crippen LogP contribution in [0.3, 0.4) is 0 Å². The Bertz CT molecular complexity index is 1370. The number of anilines is 1. The number of allylic oxidation sites excluding steroid dienone is 1. The zero-order valence-electron chi connectivity index (χ0n) is 19.0. The Kier molecular flexibility index (Phi) is 8.55. The minimum absolute atomic E-state index is 0.0253. The lowest BCUT2D eigenvalue weighted by Gasteiger charge is -2.20. The minimum Gasteiger partial charge on any atom is -0.462 e. The third kappa shape index (κ3) is 6.39. The molecule has 0 saturated heterocycles. The van der Waals surface area contributed by atoms with E-state index in [-0.39, 0.29) is 43.5 Å². The van der Waals surface area contributed by atoms with Gasteiger partial charge < -0.3 is 24.5 Å². The second-order valence-electron chi connectivity index (χ2n) is 7.71. The van der Waals surface area contributed by atoms with E-state index in [0.29, 0.717) is 31.0 Å². The average molecular weight is 634 g/mol. The highest BCUT2D eigenvalue weighted by Gasteiger charge is 2.32. The van der Waals surface area contributed by atoms with E-state index in [0.717, 1.165) is 9.13 Å². The molecule has 3 aromatic rings. The van der Waals surface area contributed by atoms with E-state index in [1.165, 1.54) is 6.26 Å². The molecule has 4 N–H and O–H groups in total. The van der Waals surface area contributed by atoms with E-state index in [4.69, 9.17) is 30.1 Å². The maximum Gasteiger partial charge on any atom is 0.333 e. The SMILES string of the molecule is Nc1nc(F)nc2c1nc(C(C1=COCO1)c1ccccc1I)n2CCOCCCCOS(N)(=O)=O. The fourth-order valence-electron chi connectivity index (χ4n) is 3.72. The van der Waals surface area contributed by atoms with E-state index < -0.39 is 22.3 Å². The van der Waals surface area contributed by atoms with Crippen molar-refractivity contribution in [2.75, 3.05) is 32.3 Å². The molecule has 2 aromatic heterocycles. The zero-order valence-corrected chi connectivity index (χ0v) is 21.9. The molecule has 0 bridgehead atoms. The average Bonchev–Trinajstić information content (AvgIpc) is 3.46. The summed E-state index contributed by atoms with van der Waals surface area (Å²) in [6.07, 6.45) is 1.58. The summed E-state index contributed by atoms with van der Waals surface area (Å²) in [4.78, 5) is 12.3. The Morgan fingerprint density at radius 2 is 1.94 bits per heavy atom. The highest BCUT2D eigenvalue weighted by Crippen LogP contribution is 2.38. The molecule has 1 aliphatic heterocycles. The maximum atomic E-state index is 14.1. The van der Waals surface area contributed by atoms with Gasteiger partial charge in [-0.3, -0.25) is 4.18 Å². The van der Waals surface area contributed by atoms with Crippen molar-refractivity contribution in [3.63, 3.8) is 0 Å². The van der Waals surface area contributed by atoms with Gasteiger partial charge in [0.1, 0.15) is 23.8 Å². The topological polar surface area (TPSA) is 167 Å². The van der Waals surface area contributed by atoms with Crippen molar-refractivity contribution in [1.82, 2.24) is 19.5 Å². The highest BCUT2D eigenvalue weighted by molar-refractivity contribution is 14.1. The predicted molar refractivity (Wildman–Crippen MR) is 135 cm³/mol. The van der Waals surface area contributed by atoms with Crippen molar-refractivity contribution >= 4 is 49.9 Å². The number of imidazole rings is 1. The van der Waals surface area contributed by atoms with E-state index in [1.807, 2.05) is 24.3 Å². The van der Waals surface area contributed by atoms with Crippen LogP contribution in [0.15, 0.2) is 36.3 Å². The summed E-state index contributed by atoms with van der Waals surface area (Å²) < 4.78 is 59.7. The minimum atomic E-state index is -3.95. The summed E-state index contributed by atoms with van der Waals surface area (Å²) in [7, 11) is -3.95. The van der Waals surface area contributed by atoms with Crippen LogP contribution in [0, 0.1) is 9.65 Å². The molecule has 1 unspecified atom stereocenters. The maximum absolute atomic E-state index is 14.1. The van der Waals surface area contributed by atoms with Gasteiger partial charge in [-0.15, -0.1) is 0 Å². The summed E-state index contributed by atoms with van der Waals surface area (Å²) in [5.74, 6) is 0.501. The smallest absolute Gasteiger partial charge is 0.333 e. The Morgan fingerprint density at radius 1 is 1.17 bits per heavy atom. The van der Waals surface area contributed by atoms with Gasteiger partial charge in [-0.1, -0.05) is 18.2 Å². The lowest BCUT2D eigenvalue weighted by Crippen LogP contribution is -2.17. The van der Waals surface area contributed by atoms with Crippen molar-refractivity contribution in [1.29, 1.82) is 0 Å². The van der Waals surface area contributed by atoms with Crippen LogP contribution in [0.5, 0.6) is 0 Å². The standard InChI is InChI=1S/C21H24FIN6O6S/c22-21-27-18(24)17-20(28-21)29(7-10-32-8-3-4-9-35-36(25,30)31)19(26-17)16(15-11-33-12-34-15)13-5-1-2-6-14(13)23/h1-2,5-6,11,16H,3-4,7-10,12H2,(H2,24,27,28)(H2,25,30,31). The molecule has 15 heteroatoms. The first-order chi connectivity index (χ1) is 17.2. The molecule has 36 heavy (non-hydrogen) atoms. The van der Waals surface area contributed by atoms with Crippen LogP contribution in [0.2, 0.25) is 0 Å². The lowest BCUT2D eigenvalue weighted by atomic mass is 9.96. The van der Waals surface area contributed by atoms with Crippen molar-refractivity contribution in [3.05, 3.63) is 57.3 Å². The quantitative estimate of drug-likeness (QED) is 0.171. The monoisotopic (exact) mass is 634 g/mol. The van der Waals surface area contributed by atoms with E-state index in [9.17, 15) is 12.8 Å². The van der Waals surface area contributed by atoms with Gasteiger partial charge in [0.05, 0.1) is 13.2 Å². The lowest BCUT2D eigenvalue weighted by molar-refractivity contribution is 0.0762. The molecule has 0 spiro atoms. The number of rotatable bonds is 12. The molecule has 4 rings (SSSR count). The molecular weight excluding hydrogens is 610 g/mol. The van der Waals surface area contributed by atoms with Crippen LogP contribution in [0.25, 0.3) is 11.2 Å². The predicted octanol–water partition coefficient (Wildman–Crippen LogP) is 2.15. The Balaban J connectivity index is 1.60. The number of benzene rings is 1. The van der Waals surface area contributed by atoms with Crippen LogP contribution < -0.4 is 10.9 Å². The fraction of sp³-hybridized carbons (Fsp3) is 0.381. The summed E-state index contributed by atoms with van der Waals surface area (Å²) in [6.45, 7) is 0.926. The van der Waals surface area contributed by atoms with Crippen LogP contribution >= 0.6 is 22.6 Å². The van der Waals surface area contributed by atoms with Crippen molar-refractivity contribution in [2.24, 2.45) is 5.14 Å². The molecule has 1 aromatic carbocycles. The molecule has 0 aliphatic carbocycles. The molecular formula is C21H24FIN6O6S. The van der Waals surface area contributed by atoms with Gasteiger partial charge in [0, 0.05) is 16.7 Å². The number of nitrogens with zero attached hydrogens (tertiary/aromatic N) is 4. The first-order valence-electron chi connectivity index (χ1n) is 10.9. The molecule has 0 radical (unpaired) electrons. The summed E-state index contributed by atoms with van der Waals surface area (Å²) in [5, 5.41) is 4.80. The first kappa shape index (κ1) is 26.5. The number of halogens is 2. The van der Waals surface area contributed by atoms with Crippen LogP contribution in [0.4, 0.5) is 10.2 Å². The van der Waals surface area contributed by atoms with Crippen LogP contribution in [0.1, 0.15) is 30.1 Å². The molecule has 12 nitrogen and oxygen atoms in total. The third-order valence-electron chi connectivity index (χ3n) is 5.27. The summed E-state index contributed by atoms with van der Waals surface area (Å²) in [6, 6.07) is 7.74. The molecule has 0 saturated carbocycles. The van der Waals surface area contributed by atoms with Crippen molar-refractivity contribution in [2.45, 2.75) is 25.3 Å². The van der Waals surface area contributed by atoms with Gasteiger partial charge in [-0.2, -0.15) is 22.8 Å². The highest BCUT2D eigenvalue weighted by atomic mass is 127. The Hall–Kier alpha value is -2.60. The van der Waals surface area contributed by atoms with Gasteiger partial charge in [-0.05, 0) is 47.1 Å². The number of unbranched alkanes of at least 4 members (excludes halogenated alkanes) is 1. The van der Waals surface area contributed by atoms with Gasteiger partial charge in [0.15, 0.2) is 17.0 Å². The zero-order chi connectivity index (χ0) is 25.7. The fourth-order valence-corrected chi connectivity index (χ4v) is 4.77. The molecule has 3 heterocycles. The molecule has 194 valence electrons. The number of fused-ring (bicyclic) bond motifs is 1. The summed E-state index contributed by atoms with van der Waals surface area (Å²) >= 11 is 2.23. The number of aromatic nitrogens is 4. The van der Waals surface area contributed by atoms with Gasteiger partial charge >= 0.3 is 16.4 Å².